The largest absolute Gasteiger partial charge is 0.507 e. The Hall–Kier alpha value is -2.29. The number of fused-ring (bicyclic) bond motifs is 3. The van der Waals surface area contributed by atoms with Gasteiger partial charge in [-0.3, -0.25) is 4.79 Å². The first-order chi connectivity index (χ1) is 9.83. The van der Waals surface area contributed by atoms with E-state index in [0.717, 1.165) is 22.3 Å². The van der Waals surface area contributed by atoms with Gasteiger partial charge in [-0.05, 0) is 44.9 Å². The molecule has 0 saturated carbocycles. The fourth-order valence-electron chi connectivity index (χ4n) is 3.08. The molecule has 21 heavy (non-hydrogen) atoms. The molecule has 1 aliphatic heterocycles. The van der Waals surface area contributed by atoms with Crippen LogP contribution in [0.15, 0.2) is 30.3 Å². The van der Waals surface area contributed by atoms with E-state index in [-0.39, 0.29) is 17.1 Å². The van der Waals surface area contributed by atoms with Crippen LogP contribution in [0, 0.1) is 6.92 Å². The topological polar surface area (TPSA) is 46.5 Å². The minimum Gasteiger partial charge on any atom is -0.507 e. The molecule has 0 spiro atoms. The Kier molecular flexibility index (Phi) is 2.84. The Morgan fingerprint density at radius 2 is 1.90 bits per heavy atom. The number of ether oxygens (including phenoxy) is 1. The highest BCUT2D eigenvalue weighted by molar-refractivity contribution is 6.03. The molecule has 1 aliphatic rings. The summed E-state index contributed by atoms with van der Waals surface area (Å²) in [5, 5.41) is 10.1. The number of phenolic OH excluding ortho intramolecular Hbond substituents is 1. The van der Waals surface area contributed by atoms with Crippen molar-refractivity contribution in [3.63, 3.8) is 0 Å². The van der Waals surface area contributed by atoms with Crippen molar-refractivity contribution in [3.8, 4) is 22.6 Å². The number of carbonyl (C=O) groups is 1. The molecule has 2 aromatic carbocycles. The molecule has 0 unspecified atom stereocenters. The number of rotatable bonds is 1. The maximum Gasteiger partial charge on any atom is 0.167 e. The van der Waals surface area contributed by atoms with Crippen LogP contribution in [0.25, 0.3) is 11.1 Å². The summed E-state index contributed by atoms with van der Waals surface area (Å²) < 4.78 is 6.12. The molecule has 0 aromatic heterocycles. The molecule has 0 radical (unpaired) electrons. The van der Waals surface area contributed by atoms with E-state index in [1.807, 2.05) is 45.0 Å². The van der Waals surface area contributed by atoms with Crippen molar-refractivity contribution in [2.45, 2.75) is 33.3 Å². The van der Waals surface area contributed by atoms with Gasteiger partial charge in [-0.1, -0.05) is 24.3 Å². The molecule has 3 nitrogen and oxygen atoms in total. The van der Waals surface area contributed by atoms with Gasteiger partial charge >= 0.3 is 0 Å². The Labute approximate surface area is 124 Å². The Morgan fingerprint density at radius 1 is 1.24 bits per heavy atom. The predicted molar refractivity (Wildman–Crippen MR) is 81.9 cm³/mol. The molecule has 0 atom stereocenters. The van der Waals surface area contributed by atoms with Crippen LogP contribution < -0.4 is 4.74 Å². The molecule has 2 aromatic rings. The van der Waals surface area contributed by atoms with Gasteiger partial charge in [0.15, 0.2) is 5.78 Å². The summed E-state index contributed by atoms with van der Waals surface area (Å²) >= 11 is 0. The van der Waals surface area contributed by atoms with Gasteiger partial charge < -0.3 is 9.84 Å². The fraction of sp³-hybridized carbons (Fsp3) is 0.278. The van der Waals surface area contributed by atoms with E-state index >= 15 is 0 Å². The lowest BCUT2D eigenvalue weighted by molar-refractivity contribution is 0.0939. The Bertz CT molecular complexity index is 757. The van der Waals surface area contributed by atoms with E-state index in [4.69, 9.17) is 4.74 Å². The second kappa shape index (κ2) is 4.35. The lowest BCUT2D eigenvalue weighted by atomic mass is 9.83. The lowest BCUT2D eigenvalue weighted by Crippen LogP contribution is -2.30. The third-order valence-corrected chi connectivity index (χ3v) is 4.01. The van der Waals surface area contributed by atoms with Gasteiger partial charge in [-0.15, -0.1) is 0 Å². The van der Waals surface area contributed by atoms with Crippen LogP contribution in [-0.4, -0.2) is 10.9 Å². The summed E-state index contributed by atoms with van der Waals surface area (Å²) in [6.45, 7) is 7.30. The van der Waals surface area contributed by atoms with Gasteiger partial charge in [0.25, 0.3) is 0 Å². The van der Waals surface area contributed by atoms with Crippen LogP contribution >= 0.6 is 0 Å². The number of hydrogen-bond acceptors (Lipinski definition) is 3. The monoisotopic (exact) mass is 282 g/mol. The number of phenols is 1. The minimum atomic E-state index is -0.548. The summed E-state index contributed by atoms with van der Waals surface area (Å²) in [6, 6.07) is 9.67. The normalized spacial score (nSPS) is 14.9. The van der Waals surface area contributed by atoms with E-state index in [9.17, 15) is 9.90 Å². The highest BCUT2D eigenvalue weighted by Crippen LogP contribution is 2.50. The van der Waals surface area contributed by atoms with Crippen LogP contribution in [0.4, 0.5) is 0 Å². The van der Waals surface area contributed by atoms with E-state index < -0.39 is 5.60 Å². The van der Waals surface area contributed by atoms with Gasteiger partial charge in [0.1, 0.15) is 22.7 Å². The second-order valence-corrected chi connectivity index (χ2v) is 6.01. The van der Waals surface area contributed by atoms with E-state index in [2.05, 4.69) is 0 Å². The third-order valence-electron chi connectivity index (χ3n) is 4.01. The van der Waals surface area contributed by atoms with E-state index in [1.165, 1.54) is 6.92 Å². The first kappa shape index (κ1) is 13.7. The van der Waals surface area contributed by atoms with Gasteiger partial charge in [0, 0.05) is 11.1 Å². The molecule has 0 bridgehead atoms. The number of carbonyl (C=O) groups excluding carboxylic acids is 1. The molecule has 1 N–H and O–H groups in total. The van der Waals surface area contributed by atoms with Crippen LogP contribution in [0.1, 0.15) is 42.3 Å². The zero-order valence-corrected chi connectivity index (χ0v) is 12.7. The van der Waals surface area contributed by atoms with Crippen molar-refractivity contribution in [1.29, 1.82) is 0 Å². The number of benzene rings is 2. The first-order valence-corrected chi connectivity index (χ1v) is 6.99. The molecular formula is C18H18O3. The molecule has 3 heteroatoms. The number of aromatic hydroxyl groups is 1. The van der Waals surface area contributed by atoms with Gasteiger partial charge in [-0.2, -0.15) is 0 Å². The van der Waals surface area contributed by atoms with Crippen molar-refractivity contribution in [1.82, 2.24) is 0 Å². The molecular weight excluding hydrogens is 264 g/mol. The molecule has 108 valence electrons. The summed E-state index contributed by atoms with van der Waals surface area (Å²) in [5.41, 5.74) is 3.65. The molecule has 3 rings (SSSR count). The molecule has 0 aliphatic carbocycles. The SMILES string of the molecule is CC(=O)c1c(O)cc(C)c2c1OC(C)(C)c1ccccc1-2. The maximum atomic E-state index is 11.9. The minimum absolute atomic E-state index is 0.0195. The fourth-order valence-corrected chi connectivity index (χ4v) is 3.08. The zero-order chi connectivity index (χ0) is 15.4. The van der Waals surface area contributed by atoms with Gasteiger partial charge in [0.2, 0.25) is 0 Å². The number of ketones is 1. The molecule has 1 heterocycles. The van der Waals surface area contributed by atoms with E-state index in [0.29, 0.717) is 5.75 Å². The number of Topliss-reactive ketones (excluding diaryl/α,β-unsaturated/α-hetero) is 1. The number of aryl methyl sites for hydroxylation is 1. The quantitative estimate of drug-likeness (QED) is 0.797. The van der Waals surface area contributed by atoms with Crippen LogP contribution in [0.5, 0.6) is 11.5 Å². The first-order valence-electron chi connectivity index (χ1n) is 6.99. The van der Waals surface area contributed by atoms with Crippen molar-refractivity contribution in [3.05, 3.63) is 47.0 Å². The van der Waals surface area contributed by atoms with Crippen molar-refractivity contribution in [2.24, 2.45) is 0 Å². The maximum absolute atomic E-state index is 11.9. The summed E-state index contributed by atoms with van der Waals surface area (Å²) in [6.07, 6.45) is 0. The average Bonchev–Trinajstić information content (AvgIpc) is 2.37. The standard InChI is InChI=1S/C18H18O3/c1-10-9-14(20)16(11(2)19)17-15(10)12-7-5-6-8-13(12)18(3,4)21-17/h5-9,20H,1-4H3. The van der Waals surface area contributed by atoms with Gasteiger partial charge in [-0.25, -0.2) is 0 Å². The Morgan fingerprint density at radius 3 is 2.57 bits per heavy atom. The van der Waals surface area contributed by atoms with Crippen molar-refractivity contribution >= 4 is 5.78 Å². The lowest BCUT2D eigenvalue weighted by Gasteiger charge is -2.36. The van der Waals surface area contributed by atoms with Gasteiger partial charge in [0.05, 0.1) is 0 Å². The van der Waals surface area contributed by atoms with Crippen LogP contribution in [0.2, 0.25) is 0 Å². The zero-order valence-electron chi connectivity index (χ0n) is 12.7. The highest BCUT2D eigenvalue weighted by atomic mass is 16.5. The van der Waals surface area contributed by atoms with Crippen LogP contribution in [-0.2, 0) is 5.60 Å². The molecule has 0 fully saturated rings. The smallest absolute Gasteiger partial charge is 0.167 e. The summed E-state index contributed by atoms with van der Waals surface area (Å²) in [4.78, 5) is 11.9. The molecule has 0 amide bonds. The third kappa shape index (κ3) is 1.92. The summed E-state index contributed by atoms with van der Waals surface area (Å²) in [7, 11) is 0. The van der Waals surface area contributed by atoms with Crippen molar-refractivity contribution in [2.75, 3.05) is 0 Å². The summed E-state index contributed by atoms with van der Waals surface area (Å²) in [5.74, 6) is 0.275. The van der Waals surface area contributed by atoms with E-state index in [1.54, 1.807) is 6.07 Å². The molecule has 0 saturated heterocycles. The van der Waals surface area contributed by atoms with Crippen LogP contribution in [0.3, 0.4) is 0 Å². The van der Waals surface area contributed by atoms with Crippen molar-refractivity contribution < 1.29 is 14.6 Å². The Balaban J connectivity index is 2.44. The number of hydrogen-bond donors (Lipinski definition) is 1. The predicted octanol–water partition coefficient (Wildman–Crippen LogP) is 4.20. The average molecular weight is 282 g/mol. The second-order valence-electron chi connectivity index (χ2n) is 6.01. The highest BCUT2D eigenvalue weighted by Gasteiger charge is 2.36.